The molecule has 0 spiro atoms. The SMILES string of the molecule is CC(C)N1N=C(c2ccccn2)N(Cc2ccccc2)N(C(C)C)C1=O.O=C(/C=C(\[O-])C(F)(F)F)C(F)(F)F.O=C(/C=C(\[O-])C(F)(F)F)C(F)(F)F.[Ru+2]. The van der Waals surface area contributed by atoms with Crippen LogP contribution in [-0.2, 0) is 35.6 Å². The zero-order valence-electron chi connectivity index (χ0n) is 27.4. The first-order valence-electron chi connectivity index (χ1n) is 14.2. The summed E-state index contributed by atoms with van der Waals surface area (Å²) >= 11 is 0. The van der Waals surface area contributed by atoms with Crippen LogP contribution in [-0.4, -0.2) is 80.2 Å². The fourth-order valence-corrected chi connectivity index (χ4v) is 3.49. The summed E-state index contributed by atoms with van der Waals surface area (Å²) in [4.78, 5) is 37.2. The van der Waals surface area contributed by atoms with Crippen LogP contribution < -0.4 is 10.2 Å². The van der Waals surface area contributed by atoms with E-state index in [2.05, 4.69) is 10.1 Å². The van der Waals surface area contributed by atoms with Crippen LogP contribution in [0.4, 0.5) is 57.5 Å². The number of urea groups is 1. The number of allylic oxidation sites excluding steroid dienone is 4. The van der Waals surface area contributed by atoms with Crippen LogP contribution in [0.3, 0.4) is 0 Å². The number of carbonyl (C=O) groups is 3. The second kappa shape index (κ2) is 19.4. The molecule has 0 saturated carbocycles. The number of rotatable bonds is 7. The van der Waals surface area contributed by atoms with E-state index in [1.165, 1.54) is 5.01 Å². The van der Waals surface area contributed by atoms with Gasteiger partial charge < -0.3 is 10.2 Å². The molecule has 1 aliphatic rings. The van der Waals surface area contributed by atoms with Gasteiger partial charge in [-0.2, -0.15) is 52.7 Å². The number of hydrogen-bond donors (Lipinski definition) is 0. The maximum Gasteiger partial charge on any atom is 2.00 e. The number of ketones is 2. The second-order valence-corrected chi connectivity index (χ2v) is 10.6. The number of hydrogen-bond acceptors (Lipinski definition) is 8. The molecule has 1 aromatic heterocycles. The van der Waals surface area contributed by atoms with E-state index in [4.69, 9.17) is 0 Å². The van der Waals surface area contributed by atoms with Gasteiger partial charge in [0.05, 0.1) is 12.6 Å². The van der Waals surface area contributed by atoms with Gasteiger partial charge >= 0.3 is 50.2 Å². The maximum absolute atomic E-state index is 13.1. The molecule has 0 aliphatic carbocycles. The normalized spacial score (nSPS) is 14.5. The number of carbonyl (C=O) groups excluding carboxylic acids is 3. The molecule has 2 heterocycles. The largest absolute Gasteiger partial charge is 2.00 e. The first-order valence-corrected chi connectivity index (χ1v) is 14.2. The van der Waals surface area contributed by atoms with Gasteiger partial charge in [-0.05, 0) is 69.1 Å². The second-order valence-electron chi connectivity index (χ2n) is 10.6. The van der Waals surface area contributed by atoms with Crippen LogP contribution in [0.2, 0.25) is 0 Å². The van der Waals surface area contributed by atoms with Crippen LogP contribution in [0, 0.1) is 0 Å². The Bertz CT molecular complexity index is 1560. The molecule has 2 aromatic rings. The van der Waals surface area contributed by atoms with Gasteiger partial charge in [-0.25, -0.2) is 14.8 Å². The predicted molar refractivity (Wildman–Crippen MR) is 153 cm³/mol. The van der Waals surface area contributed by atoms with E-state index in [1.807, 2.05) is 81.2 Å². The monoisotopic (exact) mass is 867 g/mol. The Morgan fingerprint density at radius 1 is 0.698 bits per heavy atom. The summed E-state index contributed by atoms with van der Waals surface area (Å²) in [6.07, 6.45) is -22.1. The summed E-state index contributed by atoms with van der Waals surface area (Å²) in [5.74, 6) is -10.6. The van der Waals surface area contributed by atoms with Crippen LogP contribution in [0.25, 0.3) is 0 Å². The van der Waals surface area contributed by atoms with Crippen molar-refractivity contribution < 1.29 is 96.8 Å². The van der Waals surface area contributed by atoms with Gasteiger partial charge in [0.25, 0.3) is 11.6 Å². The molecule has 0 bridgehead atoms. The van der Waals surface area contributed by atoms with Gasteiger partial charge in [0, 0.05) is 12.2 Å². The minimum atomic E-state index is -5.46. The van der Waals surface area contributed by atoms with Crippen molar-refractivity contribution in [2.24, 2.45) is 5.10 Å². The van der Waals surface area contributed by atoms with Crippen molar-refractivity contribution in [2.45, 2.75) is 71.0 Å². The van der Waals surface area contributed by atoms with Crippen LogP contribution in [0.1, 0.15) is 39.0 Å². The summed E-state index contributed by atoms with van der Waals surface area (Å²) in [6, 6.07) is 15.6. The van der Waals surface area contributed by atoms with E-state index in [1.54, 1.807) is 11.2 Å². The molecule has 0 unspecified atom stereocenters. The zero-order valence-corrected chi connectivity index (χ0v) is 29.1. The number of nitrogens with zero attached hydrogens (tertiary/aromatic N) is 5. The average Bonchev–Trinajstić information content (AvgIpc) is 3.00. The average molecular weight is 867 g/mol. The predicted octanol–water partition coefficient (Wildman–Crippen LogP) is 5.56. The van der Waals surface area contributed by atoms with Gasteiger partial charge in [0.2, 0.25) is 0 Å². The standard InChI is InChI=1S/C20H25N5O.2C5H2F6O2.Ru/c1-15(2)24-20(26)25(16(3)4)23(14-17-10-6-5-7-11-17)19(22-24)18-12-8-9-13-21-18;2*6-4(7,8)2(12)1-3(13)5(9,10)11;/h5-13,15-16H,14H2,1-4H3;2*1,12H;/q;;;+2/p-2/b;2*2-1-;. The van der Waals surface area contributed by atoms with Crippen molar-refractivity contribution in [3.63, 3.8) is 0 Å². The Kier molecular flexibility index (Phi) is 17.7. The number of alkyl halides is 12. The van der Waals surface area contributed by atoms with Crippen LogP contribution >= 0.6 is 0 Å². The fraction of sp³-hybridized carbons (Fsp3) is 0.367. The van der Waals surface area contributed by atoms with Crippen molar-refractivity contribution in [2.75, 3.05) is 0 Å². The molecule has 23 heteroatoms. The Morgan fingerprint density at radius 3 is 1.47 bits per heavy atom. The number of amides is 2. The van der Waals surface area contributed by atoms with Crippen molar-refractivity contribution in [3.05, 3.63) is 89.7 Å². The number of pyridine rings is 1. The number of hydrazone groups is 1. The number of amidine groups is 1. The van der Waals surface area contributed by atoms with Gasteiger partial charge in [-0.15, -0.1) is 5.10 Å². The molecule has 1 aromatic carbocycles. The smallest absolute Gasteiger partial charge is 0.869 e. The molecule has 53 heavy (non-hydrogen) atoms. The first-order chi connectivity index (χ1) is 23.6. The molecule has 3 rings (SSSR count). The maximum atomic E-state index is 13.1. The molecule has 0 radical (unpaired) electrons. The summed E-state index contributed by atoms with van der Waals surface area (Å²) in [5.41, 5.74) is 1.85. The van der Waals surface area contributed by atoms with E-state index in [-0.39, 0.29) is 37.6 Å². The minimum Gasteiger partial charge on any atom is -0.869 e. The minimum absolute atomic E-state index is 0. The Morgan fingerprint density at radius 2 is 1.13 bits per heavy atom. The Labute approximate surface area is 305 Å². The van der Waals surface area contributed by atoms with Crippen LogP contribution in [0.5, 0.6) is 0 Å². The van der Waals surface area contributed by atoms with Gasteiger partial charge in [0.15, 0.2) is 5.84 Å². The topological polar surface area (TPSA) is 132 Å². The third-order valence-corrected chi connectivity index (χ3v) is 5.79. The number of aromatic nitrogens is 1. The summed E-state index contributed by atoms with van der Waals surface area (Å²) in [5, 5.41) is 29.5. The quantitative estimate of drug-likeness (QED) is 0.154. The van der Waals surface area contributed by atoms with Crippen molar-refractivity contribution >= 4 is 23.4 Å². The zero-order chi connectivity index (χ0) is 40.4. The van der Waals surface area contributed by atoms with Gasteiger partial charge in [0.1, 0.15) is 5.69 Å². The fourth-order valence-electron chi connectivity index (χ4n) is 3.49. The van der Waals surface area contributed by atoms with E-state index >= 15 is 0 Å². The van der Waals surface area contributed by atoms with Crippen LogP contribution in [0.15, 0.2) is 83.5 Å². The van der Waals surface area contributed by atoms with Crippen molar-refractivity contribution in [1.29, 1.82) is 0 Å². The summed E-state index contributed by atoms with van der Waals surface area (Å²) in [7, 11) is 0. The Hall–Kier alpha value is -4.69. The van der Waals surface area contributed by atoms with Gasteiger partial charge in [-0.1, -0.05) is 36.4 Å². The molecule has 1 aliphatic heterocycles. The third-order valence-electron chi connectivity index (χ3n) is 5.79. The first kappa shape index (κ1) is 48.3. The molecule has 0 N–H and O–H groups in total. The molecular weight excluding hydrogens is 839 g/mol. The number of halogens is 12. The number of benzene rings is 1. The number of hydrazine groups is 1. The van der Waals surface area contributed by atoms with Crippen molar-refractivity contribution in [3.8, 4) is 0 Å². The molecule has 10 nitrogen and oxygen atoms in total. The summed E-state index contributed by atoms with van der Waals surface area (Å²) < 4.78 is 136. The molecule has 0 fully saturated rings. The van der Waals surface area contributed by atoms with E-state index in [0.717, 1.165) is 11.3 Å². The van der Waals surface area contributed by atoms with Gasteiger partial charge in [-0.3, -0.25) is 19.6 Å². The molecule has 0 saturated heterocycles. The third kappa shape index (κ3) is 15.4. The van der Waals surface area contributed by atoms with E-state index in [0.29, 0.717) is 12.4 Å². The van der Waals surface area contributed by atoms with Crippen molar-refractivity contribution in [1.82, 2.24) is 20.0 Å². The summed E-state index contributed by atoms with van der Waals surface area (Å²) in [6.45, 7) is 8.49. The molecule has 0 atom stereocenters. The molecular formula is C30H27F12N5O5Ru. The van der Waals surface area contributed by atoms with E-state index < -0.39 is 59.9 Å². The van der Waals surface area contributed by atoms with E-state index in [9.17, 15) is 77.3 Å². The molecule has 294 valence electrons. The Balaban J connectivity index is 0.000000851. The molecule has 2 amide bonds.